The van der Waals surface area contributed by atoms with Gasteiger partial charge in [-0.15, -0.1) is 0 Å². The van der Waals surface area contributed by atoms with Gasteiger partial charge in [-0.25, -0.2) is 0 Å². The lowest BCUT2D eigenvalue weighted by Crippen LogP contribution is -2.35. The minimum atomic E-state index is 0.142. The van der Waals surface area contributed by atoms with Crippen molar-refractivity contribution >= 4 is 0 Å². The van der Waals surface area contributed by atoms with Gasteiger partial charge in [0.25, 0.3) is 0 Å². The van der Waals surface area contributed by atoms with Crippen LogP contribution in [0.1, 0.15) is 12.8 Å². The lowest BCUT2D eigenvalue weighted by atomic mass is 10.3. The molecule has 0 atom stereocenters. The Bertz CT molecular complexity index is 180. The summed E-state index contributed by atoms with van der Waals surface area (Å²) in [6.45, 7) is 1.54. The minimum absolute atomic E-state index is 0.142. The van der Waals surface area contributed by atoms with Crippen molar-refractivity contribution in [2.45, 2.75) is 12.8 Å². The first-order chi connectivity index (χ1) is 8.58. The molecular formula is C10H20N4O4-4. The second kappa shape index (κ2) is 8.73. The summed E-state index contributed by atoms with van der Waals surface area (Å²) in [5.41, 5.74) is 0. The molecule has 0 aliphatic carbocycles. The molecule has 0 saturated carbocycles. The Morgan fingerprint density at radius 2 is 0.611 bits per heavy atom. The normalized spacial score (nSPS) is 26.0. The molecule has 108 valence electrons. The zero-order valence-electron chi connectivity index (χ0n) is 10.5. The van der Waals surface area contributed by atoms with Gasteiger partial charge in [0.2, 0.25) is 0 Å². The van der Waals surface area contributed by atoms with Gasteiger partial charge in [-0.05, 0) is 65.2 Å². The molecule has 0 N–H and O–H groups in total. The molecule has 1 aliphatic heterocycles. The maximum absolute atomic E-state index is 11.3. The third kappa shape index (κ3) is 7.19. The van der Waals surface area contributed by atoms with E-state index in [4.69, 9.17) is 0 Å². The number of rotatable bonds is 0. The third-order valence-corrected chi connectivity index (χ3v) is 2.83. The molecule has 0 aromatic heterocycles. The van der Waals surface area contributed by atoms with Gasteiger partial charge in [0.05, 0.1) is 0 Å². The Morgan fingerprint density at radius 3 is 0.833 bits per heavy atom. The van der Waals surface area contributed by atoms with Crippen LogP contribution in [0.4, 0.5) is 0 Å². The molecule has 18 heavy (non-hydrogen) atoms. The average Bonchev–Trinajstić information content (AvgIpc) is 2.33. The van der Waals surface area contributed by atoms with E-state index in [1.54, 1.807) is 0 Å². The lowest BCUT2D eigenvalue weighted by Gasteiger charge is -2.39. The van der Waals surface area contributed by atoms with Crippen molar-refractivity contribution in [1.82, 2.24) is 20.3 Å². The Morgan fingerprint density at radius 1 is 0.389 bits per heavy atom. The second-order valence-electron chi connectivity index (χ2n) is 4.42. The molecule has 8 nitrogen and oxygen atoms in total. The molecule has 0 unspecified atom stereocenters. The van der Waals surface area contributed by atoms with Crippen LogP contribution in [0.3, 0.4) is 0 Å². The van der Waals surface area contributed by atoms with Crippen LogP contribution in [0.15, 0.2) is 0 Å². The Kier molecular flexibility index (Phi) is 7.63. The first-order valence-corrected chi connectivity index (χ1v) is 6.26. The standard InChI is InChI=1S/C10H20N4O4/c15-11-3-1-4-12(16)8-10-14(18)6-2-5-13(17)9-7-11/h1-10H2/q-4. The molecule has 0 spiro atoms. The van der Waals surface area contributed by atoms with Crippen LogP contribution < -0.4 is 0 Å². The van der Waals surface area contributed by atoms with E-state index < -0.39 is 0 Å². The van der Waals surface area contributed by atoms with E-state index in [0.29, 0.717) is 12.8 Å². The summed E-state index contributed by atoms with van der Waals surface area (Å²) in [7, 11) is 0. The average molecular weight is 260 g/mol. The quantitative estimate of drug-likeness (QED) is 0.598. The summed E-state index contributed by atoms with van der Waals surface area (Å²) in [5, 5.41) is 48.6. The number of hydrogen-bond acceptors (Lipinski definition) is 8. The zero-order chi connectivity index (χ0) is 13.4. The fourth-order valence-corrected chi connectivity index (χ4v) is 1.74. The summed E-state index contributed by atoms with van der Waals surface area (Å²) in [5.74, 6) is 0. The fourth-order valence-electron chi connectivity index (χ4n) is 1.74. The summed E-state index contributed by atoms with van der Waals surface area (Å²) in [4.78, 5) is 0. The molecular weight excluding hydrogens is 240 g/mol. The first-order valence-electron chi connectivity index (χ1n) is 6.26. The van der Waals surface area contributed by atoms with Crippen LogP contribution in [0.2, 0.25) is 0 Å². The van der Waals surface area contributed by atoms with Crippen molar-refractivity contribution in [2.24, 2.45) is 0 Å². The summed E-state index contributed by atoms with van der Waals surface area (Å²) < 4.78 is 0. The number of nitrogens with zero attached hydrogens (tertiary/aromatic N) is 4. The molecule has 0 aromatic carbocycles. The van der Waals surface area contributed by atoms with Gasteiger partial charge in [-0.3, -0.25) is 0 Å². The van der Waals surface area contributed by atoms with Crippen LogP contribution in [0.5, 0.6) is 0 Å². The SMILES string of the molecule is [O-]N1CCCN([O-])CCN([O-])CCCN([O-])CC1. The van der Waals surface area contributed by atoms with Gasteiger partial charge >= 0.3 is 0 Å². The van der Waals surface area contributed by atoms with E-state index in [1.807, 2.05) is 0 Å². The van der Waals surface area contributed by atoms with Crippen molar-refractivity contribution in [3.8, 4) is 0 Å². The Balaban J connectivity index is 2.36. The monoisotopic (exact) mass is 260 g/mol. The molecule has 0 amide bonds. The van der Waals surface area contributed by atoms with Crippen molar-refractivity contribution < 1.29 is 0 Å². The maximum Gasteiger partial charge on any atom is -0.00235 e. The van der Waals surface area contributed by atoms with Gasteiger partial charge in [-0.1, -0.05) is 0 Å². The van der Waals surface area contributed by atoms with E-state index >= 15 is 0 Å². The highest BCUT2D eigenvalue weighted by molar-refractivity contribution is 4.69. The van der Waals surface area contributed by atoms with Gasteiger partial charge < -0.3 is 41.1 Å². The Hall–Kier alpha value is -0.320. The molecule has 1 fully saturated rings. The van der Waals surface area contributed by atoms with Crippen LogP contribution in [-0.2, 0) is 0 Å². The summed E-state index contributed by atoms with van der Waals surface area (Å²) >= 11 is 0. The third-order valence-electron chi connectivity index (χ3n) is 2.83. The van der Waals surface area contributed by atoms with E-state index in [9.17, 15) is 20.8 Å². The zero-order valence-corrected chi connectivity index (χ0v) is 10.5. The van der Waals surface area contributed by atoms with Crippen LogP contribution in [0, 0.1) is 20.8 Å². The Labute approximate surface area is 107 Å². The van der Waals surface area contributed by atoms with Gasteiger partial charge in [0.15, 0.2) is 0 Å². The van der Waals surface area contributed by atoms with Crippen molar-refractivity contribution in [3.05, 3.63) is 20.8 Å². The van der Waals surface area contributed by atoms with E-state index in [2.05, 4.69) is 0 Å². The van der Waals surface area contributed by atoms with Gasteiger partial charge in [0.1, 0.15) is 0 Å². The van der Waals surface area contributed by atoms with Crippen molar-refractivity contribution in [2.75, 3.05) is 52.4 Å². The van der Waals surface area contributed by atoms with Crippen LogP contribution in [-0.4, -0.2) is 72.6 Å². The topological polar surface area (TPSA) is 105 Å². The second-order valence-corrected chi connectivity index (χ2v) is 4.42. The highest BCUT2D eigenvalue weighted by atomic mass is 16.5. The summed E-state index contributed by atoms with van der Waals surface area (Å²) in [6, 6.07) is 0. The molecule has 1 saturated heterocycles. The summed E-state index contributed by atoms with van der Waals surface area (Å²) in [6.07, 6.45) is 0.898. The van der Waals surface area contributed by atoms with Gasteiger partial charge in [0, 0.05) is 0 Å². The lowest BCUT2D eigenvalue weighted by molar-refractivity contribution is 0.243. The molecule has 8 heteroatoms. The van der Waals surface area contributed by atoms with E-state index in [1.165, 1.54) is 0 Å². The van der Waals surface area contributed by atoms with Crippen LogP contribution >= 0.6 is 0 Å². The van der Waals surface area contributed by atoms with Gasteiger partial charge in [-0.2, -0.15) is 0 Å². The highest BCUT2D eigenvalue weighted by Gasteiger charge is 2.00. The minimum Gasteiger partial charge on any atom is -0.785 e. The number of hydroxylamine groups is 8. The predicted molar refractivity (Wildman–Crippen MR) is 69.0 cm³/mol. The highest BCUT2D eigenvalue weighted by Crippen LogP contribution is 1.99. The molecule has 1 rings (SSSR count). The molecule has 0 bridgehead atoms. The first kappa shape index (κ1) is 15.7. The molecule has 1 heterocycles. The predicted octanol–water partition coefficient (Wildman–Crippen LogP) is -0.0206. The molecule has 0 radical (unpaired) electrons. The van der Waals surface area contributed by atoms with Crippen LogP contribution in [0.25, 0.3) is 0 Å². The number of hydrogen-bond donors (Lipinski definition) is 0. The van der Waals surface area contributed by atoms with E-state index in [-0.39, 0.29) is 52.4 Å². The van der Waals surface area contributed by atoms with E-state index in [0.717, 1.165) is 20.3 Å². The fraction of sp³-hybridized carbons (Fsp3) is 1.00. The van der Waals surface area contributed by atoms with Crippen molar-refractivity contribution in [1.29, 1.82) is 0 Å². The maximum atomic E-state index is 11.3. The van der Waals surface area contributed by atoms with Crippen molar-refractivity contribution in [3.63, 3.8) is 0 Å². The molecule has 1 aliphatic rings. The smallest absolute Gasteiger partial charge is 0.00235 e. The molecule has 0 aromatic rings. The largest absolute Gasteiger partial charge is 0.785 e.